The highest BCUT2D eigenvalue weighted by molar-refractivity contribution is 7.16. The molecule has 0 aliphatic rings. The van der Waals surface area contributed by atoms with Gasteiger partial charge in [-0.25, -0.2) is 0 Å². The highest BCUT2D eigenvalue weighted by atomic mass is 32.1. The first-order valence-electron chi connectivity index (χ1n) is 7.18. The van der Waals surface area contributed by atoms with E-state index in [4.69, 9.17) is 0 Å². The lowest BCUT2D eigenvalue weighted by molar-refractivity contribution is 0.0771. The van der Waals surface area contributed by atoms with E-state index in [1.807, 2.05) is 40.7 Å². The van der Waals surface area contributed by atoms with Crippen LogP contribution in [0.5, 0.6) is 0 Å². The van der Waals surface area contributed by atoms with Crippen LogP contribution in [-0.4, -0.2) is 47.8 Å². The lowest BCUT2D eigenvalue weighted by atomic mass is 10.2. The number of amides is 2. The van der Waals surface area contributed by atoms with Gasteiger partial charge in [0.05, 0.1) is 9.75 Å². The van der Waals surface area contributed by atoms with Crippen LogP contribution in [0.2, 0.25) is 0 Å². The van der Waals surface area contributed by atoms with Crippen molar-refractivity contribution in [1.82, 2.24) is 9.80 Å². The largest absolute Gasteiger partial charge is 0.339 e. The van der Waals surface area contributed by atoms with E-state index >= 15 is 0 Å². The molecule has 0 N–H and O–H groups in total. The molecule has 0 fully saturated rings. The predicted molar refractivity (Wildman–Crippen MR) is 83.6 cm³/mol. The Hall–Kier alpha value is -1.36. The van der Waals surface area contributed by atoms with Crippen molar-refractivity contribution in [3.05, 3.63) is 21.4 Å². The summed E-state index contributed by atoms with van der Waals surface area (Å²) in [5.74, 6) is 0.0396. The Bertz CT molecular complexity index is 474. The Labute approximate surface area is 125 Å². The zero-order chi connectivity index (χ0) is 15.3. The Morgan fingerprint density at radius 2 is 1.40 bits per heavy atom. The van der Waals surface area contributed by atoms with Gasteiger partial charge in [0.1, 0.15) is 0 Å². The second-order valence-corrected chi connectivity index (χ2v) is 5.63. The van der Waals surface area contributed by atoms with Crippen molar-refractivity contribution < 1.29 is 9.59 Å². The fourth-order valence-corrected chi connectivity index (χ4v) is 3.23. The summed E-state index contributed by atoms with van der Waals surface area (Å²) in [6, 6.07) is 1.84. The number of rotatable bonds is 6. The molecule has 0 aromatic carbocycles. The van der Waals surface area contributed by atoms with Gasteiger partial charge in [0.25, 0.3) is 11.8 Å². The lowest BCUT2D eigenvalue weighted by Crippen LogP contribution is -2.30. The first-order valence-corrected chi connectivity index (χ1v) is 8.00. The minimum Gasteiger partial charge on any atom is -0.339 e. The molecule has 0 aliphatic heterocycles. The monoisotopic (exact) mass is 296 g/mol. The van der Waals surface area contributed by atoms with Crippen LogP contribution in [0, 0.1) is 6.92 Å². The van der Waals surface area contributed by atoms with Gasteiger partial charge >= 0.3 is 0 Å². The molecule has 5 heteroatoms. The molecule has 0 saturated heterocycles. The minimum atomic E-state index is 0.0155. The smallest absolute Gasteiger partial charge is 0.264 e. The molecule has 0 atom stereocenters. The maximum Gasteiger partial charge on any atom is 0.264 e. The van der Waals surface area contributed by atoms with Crippen LogP contribution in [0.15, 0.2) is 6.07 Å². The first-order chi connectivity index (χ1) is 9.49. The van der Waals surface area contributed by atoms with Crippen LogP contribution >= 0.6 is 11.3 Å². The summed E-state index contributed by atoms with van der Waals surface area (Å²) in [6.45, 7) is 12.5. The van der Waals surface area contributed by atoms with E-state index in [1.165, 1.54) is 11.3 Å². The number of hydrogen-bond acceptors (Lipinski definition) is 3. The van der Waals surface area contributed by atoms with E-state index in [0.29, 0.717) is 35.9 Å². The van der Waals surface area contributed by atoms with Crippen molar-refractivity contribution in [3.63, 3.8) is 0 Å². The topological polar surface area (TPSA) is 40.6 Å². The van der Waals surface area contributed by atoms with Crippen molar-refractivity contribution in [2.24, 2.45) is 0 Å². The number of hydrogen-bond donors (Lipinski definition) is 0. The summed E-state index contributed by atoms with van der Waals surface area (Å²) in [5, 5.41) is 0. The van der Waals surface area contributed by atoms with E-state index < -0.39 is 0 Å². The predicted octanol–water partition coefficient (Wildman–Crippen LogP) is 3.02. The van der Waals surface area contributed by atoms with Gasteiger partial charge in [0.2, 0.25) is 0 Å². The van der Waals surface area contributed by atoms with Gasteiger partial charge in [-0.2, -0.15) is 0 Å². The van der Waals surface area contributed by atoms with Crippen LogP contribution < -0.4 is 0 Å². The third-order valence-electron chi connectivity index (χ3n) is 3.42. The minimum absolute atomic E-state index is 0.0155. The second-order valence-electron chi connectivity index (χ2n) is 4.58. The van der Waals surface area contributed by atoms with Gasteiger partial charge in [0, 0.05) is 26.2 Å². The maximum atomic E-state index is 12.4. The third kappa shape index (κ3) is 3.39. The van der Waals surface area contributed by atoms with Crippen molar-refractivity contribution >= 4 is 23.2 Å². The van der Waals surface area contributed by atoms with E-state index in [-0.39, 0.29) is 11.8 Å². The molecule has 1 aromatic heterocycles. The average molecular weight is 296 g/mol. The lowest BCUT2D eigenvalue weighted by Gasteiger charge is -2.18. The summed E-state index contributed by atoms with van der Waals surface area (Å²) in [5.41, 5.74) is 0.891. The molecule has 2 amide bonds. The average Bonchev–Trinajstić information content (AvgIpc) is 2.83. The third-order valence-corrected chi connectivity index (χ3v) is 4.64. The molecule has 0 bridgehead atoms. The molecule has 1 aromatic rings. The molecule has 0 radical (unpaired) electrons. The Kier molecular flexibility index (Phi) is 6.20. The van der Waals surface area contributed by atoms with Crippen LogP contribution in [0.1, 0.15) is 52.6 Å². The first kappa shape index (κ1) is 16.7. The number of carbonyl (C=O) groups excluding carboxylic acids is 2. The quantitative estimate of drug-likeness (QED) is 0.809. The standard InChI is InChI=1S/C15H24N2O2S/c1-6-16(7-2)14(18)12-10-11(5)13(20-12)15(19)17(8-3)9-4/h10H,6-9H2,1-5H3. The van der Waals surface area contributed by atoms with E-state index in [2.05, 4.69) is 0 Å². The molecule has 0 spiro atoms. The highest BCUT2D eigenvalue weighted by Gasteiger charge is 2.22. The fraction of sp³-hybridized carbons (Fsp3) is 0.600. The maximum absolute atomic E-state index is 12.4. The number of aryl methyl sites for hydroxylation is 1. The highest BCUT2D eigenvalue weighted by Crippen LogP contribution is 2.24. The zero-order valence-electron chi connectivity index (χ0n) is 13.0. The van der Waals surface area contributed by atoms with Gasteiger partial charge < -0.3 is 9.80 Å². The normalized spacial score (nSPS) is 10.4. The van der Waals surface area contributed by atoms with Gasteiger partial charge in [-0.1, -0.05) is 0 Å². The van der Waals surface area contributed by atoms with Crippen LogP contribution in [0.4, 0.5) is 0 Å². The molecular weight excluding hydrogens is 272 g/mol. The Morgan fingerprint density at radius 1 is 0.950 bits per heavy atom. The molecule has 1 rings (SSSR count). The number of nitrogens with zero attached hydrogens (tertiary/aromatic N) is 2. The van der Waals surface area contributed by atoms with Gasteiger partial charge in [0.15, 0.2) is 0 Å². The summed E-state index contributed by atoms with van der Waals surface area (Å²) in [7, 11) is 0. The Balaban J connectivity index is 3.04. The number of thiophene rings is 1. The fourth-order valence-electron chi connectivity index (χ4n) is 2.12. The van der Waals surface area contributed by atoms with Crippen molar-refractivity contribution in [2.45, 2.75) is 34.6 Å². The van der Waals surface area contributed by atoms with Gasteiger partial charge in [-0.15, -0.1) is 11.3 Å². The zero-order valence-corrected chi connectivity index (χ0v) is 13.8. The summed E-state index contributed by atoms with van der Waals surface area (Å²) >= 11 is 1.31. The molecule has 4 nitrogen and oxygen atoms in total. The van der Waals surface area contributed by atoms with E-state index in [0.717, 1.165) is 5.56 Å². The number of carbonyl (C=O) groups is 2. The Morgan fingerprint density at radius 3 is 1.85 bits per heavy atom. The molecule has 1 heterocycles. The van der Waals surface area contributed by atoms with Crippen molar-refractivity contribution in [3.8, 4) is 0 Å². The molecule has 0 saturated carbocycles. The van der Waals surface area contributed by atoms with Crippen molar-refractivity contribution in [1.29, 1.82) is 0 Å². The second kappa shape index (κ2) is 7.43. The van der Waals surface area contributed by atoms with Gasteiger partial charge in [-0.05, 0) is 46.2 Å². The molecular formula is C15H24N2O2S. The van der Waals surface area contributed by atoms with Crippen molar-refractivity contribution in [2.75, 3.05) is 26.2 Å². The SMILES string of the molecule is CCN(CC)C(=O)c1cc(C)c(C(=O)N(CC)CC)s1. The molecule has 0 aliphatic carbocycles. The van der Waals surface area contributed by atoms with Crippen LogP contribution in [-0.2, 0) is 0 Å². The van der Waals surface area contributed by atoms with Crippen LogP contribution in [0.3, 0.4) is 0 Å². The van der Waals surface area contributed by atoms with E-state index in [1.54, 1.807) is 9.80 Å². The van der Waals surface area contributed by atoms with Crippen LogP contribution in [0.25, 0.3) is 0 Å². The molecule has 20 heavy (non-hydrogen) atoms. The molecule has 0 unspecified atom stereocenters. The summed E-state index contributed by atoms with van der Waals surface area (Å²) in [6.07, 6.45) is 0. The summed E-state index contributed by atoms with van der Waals surface area (Å²) in [4.78, 5) is 29.6. The van der Waals surface area contributed by atoms with Gasteiger partial charge in [-0.3, -0.25) is 9.59 Å². The van der Waals surface area contributed by atoms with E-state index in [9.17, 15) is 9.59 Å². The summed E-state index contributed by atoms with van der Waals surface area (Å²) < 4.78 is 0. The molecule has 112 valence electrons.